The third-order valence-electron chi connectivity index (χ3n) is 3.14. The molecular formula is C15H9F2NO2S. The molecule has 1 N–H and O–H groups in total. The van der Waals surface area contributed by atoms with Crippen molar-refractivity contribution in [2.75, 3.05) is 0 Å². The fraction of sp³-hybridized carbons (Fsp3) is 0.0667. The number of carboxylic acid groups (broad SMARTS) is 1. The van der Waals surface area contributed by atoms with Gasteiger partial charge in [0, 0.05) is 5.56 Å². The lowest BCUT2D eigenvalue weighted by molar-refractivity contribution is 0.0697. The van der Waals surface area contributed by atoms with E-state index in [1.807, 2.05) is 25.1 Å². The summed E-state index contributed by atoms with van der Waals surface area (Å²) in [5.41, 5.74) is 1.46. The molecule has 0 fully saturated rings. The first-order valence-electron chi connectivity index (χ1n) is 6.06. The van der Waals surface area contributed by atoms with Crippen LogP contribution in [0.1, 0.15) is 15.9 Å². The lowest BCUT2D eigenvalue weighted by Crippen LogP contribution is -2.02. The zero-order chi connectivity index (χ0) is 15.1. The maximum absolute atomic E-state index is 13.5. The zero-order valence-corrected chi connectivity index (χ0v) is 11.7. The highest BCUT2D eigenvalue weighted by Crippen LogP contribution is 2.34. The highest BCUT2D eigenvalue weighted by molar-refractivity contribution is 7.21. The van der Waals surface area contributed by atoms with Gasteiger partial charge in [0.2, 0.25) is 0 Å². The van der Waals surface area contributed by atoms with E-state index in [0.717, 1.165) is 21.8 Å². The van der Waals surface area contributed by atoms with Crippen LogP contribution in [0.2, 0.25) is 0 Å². The molecule has 3 rings (SSSR count). The number of hydrogen-bond donors (Lipinski definition) is 1. The first-order valence-corrected chi connectivity index (χ1v) is 6.88. The molecule has 0 atom stereocenters. The monoisotopic (exact) mass is 305 g/mol. The summed E-state index contributed by atoms with van der Waals surface area (Å²) >= 11 is 1.25. The van der Waals surface area contributed by atoms with Gasteiger partial charge in [-0.2, -0.15) is 0 Å². The number of halogens is 2. The molecule has 0 aliphatic carbocycles. The smallest absolute Gasteiger partial charge is 0.336 e. The van der Waals surface area contributed by atoms with Crippen molar-refractivity contribution >= 4 is 27.5 Å². The van der Waals surface area contributed by atoms with E-state index in [2.05, 4.69) is 4.98 Å². The summed E-state index contributed by atoms with van der Waals surface area (Å²) in [6, 6.07) is 7.17. The van der Waals surface area contributed by atoms with E-state index in [-0.39, 0.29) is 11.1 Å². The van der Waals surface area contributed by atoms with E-state index in [4.69, 9.17) is 5.11 Å². The molecule has 0 amide bonds. The van der Waals surface area contributed by atoms with Gasteiger partial charge in [-0.15, -0.1) is 11.3 Å². The molecule has 106 valence electrons. The fourth-order valence-electron chi connectivity index (χ4n) is 2.10. The molecule has 0 radical (unpaired) electrons. The Kier molecular flexibility index (Phi) is 3.17. The molecule has 0 bridgehead atoms. The van der Waals surface area contributed by atoms with Crippen molar-refractivity contribution in [3.05, 3.63) is 53.1 Å². The van der Waals surface area contributed by atoms with Gasteiger partial charge in [-0.1, -0.05) is 12.1 Å². The Morgan fingerprint density at radius 3 is 2.62 bits per heavy atom. The Labute approximate surface area is 122 Å². The number of aromatic nitrogens is 1. The minimum atomic E-state index is -1.32. The van der Waals surface area contributed by atoms with Crippen molar-refractivity contribution in [2.24, 2.45) is 0 Å². The van der Waals surface area contributed by atoms with Crippen molar-refractivity contribution in [3.8, 4) is 10.6 Å². The van der Waals surface area contributed by atoms with Crippen LogP contribution in [-0.2, 0) is 0 Å². The Morgan fingerprint density at radius 1 is 1.24 bits per heavy atom. The van der Waals surface area contributed by atoms with Gasteiger partial charge in [0.05, 0.1) is 15.8 Å². The number of carbonyl (C=O) groups is 1. The minimum absolute atomic E-state index is 0.0852. The summed E-state index contributed by atoms with van der Waals surface area (Å²) in [5, 5.41) is 9.52. The number of rotatable bonds is 2. The predicted octanol–water partition coefficient (Wildman–Crippen LogP) is 4.25. The molecule has 0 aliphatic rings. The third kappa shape index (κ3) is 2.27. The van der Waals surface area contributed by atoms with Crippen molar-refractivity contribution in [1.29, 1.82) is 0 Å². The molecular weight excluding hydrogens is 296 g/mol. The van der Waals surface area contributed by atoms with Crippen LogP contribution in [0, 0.1) is 18.6 Å². The van der Waals surface area contributed by atoms with Gasteiger partial charge in [-0.05, 0) is 30.7 Å². The molecule has 0 unspecified atom stereocenters. The second-order valence-electron chi connectivity index (χ2n) is 4.56. The van der Waals surface area contributed by atoms with Gasteiger partial charge in [0.1, 0.15) is 5.01 Å². The largest absolute Gasteiger partial charge is 0.478 e. The van der Waals surface area contributed by atoms with Crippen molar-refractivity contribution in [3.63, 3.8) is 0 Å². The van der Waals surface area contributed by atoms with Crippen LogP contribution in [0.3, 0.4) is 0 Å². The van der Waals surface area contributed by atoms with Crippen molar-refractivity contribution < 1.29 is 18.7 Å². The molecule has 2 aromatic carbocycles. The Morgan fingerprint density at radius 2 is 1.95 bits per heavy atom. The molecule has 3 aromatic rings. The summed E-state index contributed by atoms with van der Waals surface area (Å²) in [4.78, 5) is 15.6. The molecule has 1 heterocycles. The van der Waals surface area contributed by atoms with Crippen LogP contribution in [0.15, 0.2) is 30.3 Å². The number of para-hydroxylation sites is 1. The second kappa shape index (κ2) is 4.89. The highest BCUT2D eigenvalue weighted by atomic mass is 32.1. The van der Waals surface area contributed by atoms with Crippen LogP contribution >= 0.6 is 11.3 Å². The van der Waals surface area contributed by atoms with E-state index >= 15 is 0 Å². The third-order valence-corrected chi connectivity index (χ3v) is 4.20. The average Bonchev–Trinajstić information content (AvgIpc) is 2.86. The number of thiazole rings is 1. The van der Waals surface area contributed by atoms with Crippen LogP contribution in [0.25, 0.3) is 20.8 Å². The topological polar surface area (TPSA) is 50.2 Å². The number of aromatic carboxylic acids is 1. The van der Waals surface area contributed by atoms with Crippen molar-refractivity contribution in [1.82, 2.24) is 4.98 Å². The Balaban J connectivity index is 2.29. The Bertz CT molecular complexity index is 873. The molecule has 6 heteroatoms. The summed E-state index contributed by atoms with van der Waals surface area (Å²) in [6.45, 7) is 1.88. The van der Waals surface area contributed by atoms with Crippen molar-refractivity contribution in [2.45, 2.75) is 6.92 Å². The first-order chi connectivity index (χ1) is 9.97. The predicted molar refractivity (Wildman–Crippen MR) is 76.7 cm³/mol. The molecule has 0 aliphatic heterocycles. The molecule has 21 heavy (non-hydrogen) atoms. The molecule has 1 aromatic heterocycles. The van der Waals surface area contributed by atoms with Crippen LogP contribution in [0.4, 0.5) is 8.78 Å². The van der Waals surface area contributed by atoms with Gasteiger partial charge in [0.15, 0.2) is 11.6 Å². The number of carboxylic acids is 1. The van der Waals surface area contributed by atoms with Gasteiger partial charge in [0.25, 0.3) is 0 Å². The van der Waals surface area contributed by atoms with Gasteiger partial charge >= 0.3 is 5.97 Å². The molecule has 0 spiro atoms. The molecule has 0 saturated heterocycles. The summed E-state index contributed by atoms with van der Waals surface area (Å²) < 4.78 is 27.6. The number of benzene rings is 2. The Hall–Kier alpha value is -2.34. The maximum atomic E-state index is 13.5. The average molecular weight is 305 g/mol. The number of nitrogens with zero attached hydrogens (tertiary/aromatic N) is 1. The molecule has 3 nitrogen and oxygen atoms in total. The number of fused-ring (bicyclic) bond motifs is 1. The van der Waals surface area contributed by atoms with Gasteiger partial charge in [-0.25, -0.2) is 18.6 Å². The van der Waals surface area contributed by atoms with Gasteiger partial charge in [-0.3, -0.25) is 0 Å². The summed E-state index contributed by atoms with van der Waals surface area (Å²) in [6.07, 6.45) is 0. The first kappa shape index (κ1) is 13.6. The van der Waals surface area contributed by atoms with Crippen LogP contribution in [-0.4, -0.2) is 16.1 Å². The number of aryl methyl sites for hydroxylation is 1. The maximum Gasteiger partial charge on any atom is 0.336 e. The van der Waals surface area contributed by atoms with E-state index < -0.39 is 17.6 Å². The fourth-order valence-corrected chi connectivity index (χ4v) is 3.18. The second-order valence-corrected chi connectivity index (χ2v) is 5.59. The van der Waals surface area contributed by atoms with Gasteiger partial charge < -0.3 is 5.11 Å². The van der Waals surface area contributed by atoms with E-state index in [9.17, 15) is 13.6 Å². The van der Waals surface area contributed by atoms with E-state index in [1.54, 1.807) is 0 Å². The standard InChI is InChI=1S/C15H9F2NO2S/c1-7-3-2-4-12-13(7)18-14(21-12)8-5-10(16)11(17)6-9(8)15(19)20/h2-6H,1H3,(H,19,20). The molecule has 0 saturated carbocycles. The highest BCUT2D eigenvalue weighted by Gasteiger charge is 2.19. The van der Waals surface area contributed by atoms with Crippen LogP contribution in [0.5, 0.6) is 0 Å². The zero-order valence-electron chi connectivity index (χ0n) is 10.9. The minimum Gasteiger partial charge on any atom is -0.478 e. The van der Waals surface area contributed by atoms with E-state index in [1.165, 1.54) is 11.3 Å². The quantitative estimate of drug-likeness (QED) is 0.770. The normalized spacial score (nSPS) is 11.0. The summed E-state index contributed by atoms with van der Waals surface area (Å²) in [7, 11) is 0. The van der Waals surface area contributed by atoms with Crippen LogP contribution < -0.4 is 0 Å². The number of hydrogen-bond acceptors (Lipinski definition) is 3. The lowest BCUT2D eigenvalue weighted by Gasteiger charge is -2.03. The lowest BCUT2D eigenvalue weighted by atomic mass is 10.1. The summed E-state index contributed by atoms with van der Waals surface area (Å²) in [5.74, 6) is -3.60. The van der Waals surface area contributed by atoms with E-state index in [0.29, 0.717) is 11.1 Å². The SMILES string of the molecule is Cc1cccc2sc(-c3cc(F)c(F)cc3C(=O)O)nc12.